The van der Waals surface area contributed by atoms with Gasteiger partial charge in [0, 0.05) is 7.11 Å². The van der Waals surface area contributed by atoms with E-state index in [1.54, 1.807) is 0 Å². The predicted octanol–water partition coefficient (Wildman–Crippen LogP) is 2.67. The van der Waals surface area contributed by atoms with Crippen molar-refractivity contribution in [3.63, 3.8) is 0 Å². The Morgan fingerprint density at radius 3 is 1.65 bits per heavy atom. The van der Waals surface area contributed by atoms with Crippen LogP contribution in [-0.2, 0) is 14.2 Å². The van der Waals surface area contributed by atoms with Gasteiger partial charge in [-0.05, 0) is 0 Å². The lowest BCUT2D eigenvalue weighted by Gasteiger charge is -2.26. The van der Waals surface area contributed by atoms with Gasteiger partial charge in [-0.15, -0.1) is 26.3 Å². The Labute approximate surface area is 89.2 Å². The molecular weight excluding hydrogens is 272 g/mol. The Kier molecular flexibility index (Phi) is 5.10. The molecule has 1 unspecified atom stereocenters. The summed E-state index contributed by atoms with van der Waals surface area (Å²) in [5, 5.41) is 0. The average Bonchev–Trinajstić information content (AvgIpc) is 2.08. The summed E-state index contributed by atoms with van der Waals surface area (Å²) in [4.78, 5) is 0. The first-order valence-corrected chi connectivity index (χ1v) is 3.73. The lowest BCUT2D eigenvalue weighted by molar-refractivity contribution is -0.418. The molecule has 0 aromatic heterocycles. The van der Waals surface area contributed by atoms with Gasteiger partial charge in [-0.2, -0.15) is 8.78 Å². The minimum atomic E-state index is -5.48. The van der Waals surface area contributed by atoms with E-state index >= 15 is 0 Å². The molecule has 0 saturated carbocycles. The van der Waals surface area contributed by atoms with Crippen molar-refractivity contribution in [2.24, 2.45) is 0 Å². The highest BCUT2D eigenvalue weighted by atomic mass is 19.4. The zero-order valence-corrected chi connectivity index (χ0v) is 8.03. The van der Waals surface area contributed by atoms with Gasteiger partial charge in [-0.1, -0.05) is 0 Å². The minimum Gasteiger partial charge on any atom is -0.350 e. The molecule has 0 N–H and O–H groups in total. The van der Waals surface area contributed by atoms with E-state index in [9.17, 15) is 35.1 Å². The van der Waals surface area contributed by atoms with Crippen LogP contribution in [0.1, 0.15) is 0 Å². The fourth-order valence-corrected chi connectivity index (χ4v) is 0.674. The van der Waals surface area contributed by atoms with Crippen LogP contribution in [0, 0.1) is 0 Å². The van der Waals surface area contributed by atoms with Crippen molar-refractivity contribution >= 4 is 0 Å². The zero-order valence-electron chi connectivity index (χ0n) is 8.03. The van der Waals surface area contributed by atoms with E-state index in [0.717, 1.165) is 0 Å². The molecule has 0 rings (SSSR count). The van der Waals surface area contributed by atoms with Crippen molar-refractivity contribution in [1.82, 2.24) is 0 Å². The fourth-order valence-electron chi connectivity index (χ4n) is 0.674. The monoisotopic (exact) mass is 278 g/mol. The molecule has 0 aromatic carbocycles. The number of halogens is 8. The first kappa shape index (κ1) is 16.3. The maximum atomic E-state index is 12.8. The number of methoxy groups -OCH3 is 1. The summed E-state index contributed by atoms with van der Waals surface area (Å²) in [6.07, 6.45) is -14.1. The summed E-state index contributed by atoms with van der Waals surface area (Å²) in [5.74, 6) is -4.63. The first-order chi connectivity index (χ1) is 7.37. The van der Waals surface area contributed by atoms with E-state index in [-0.39, 0.29) is 0 Å². The highest BCUT2D eigenvalue weighted by Gasteiger charge is 2.50. The van der Waals surface area contributed by atoms with Crippen LogP contribution in [0.5, 0.6) is 0 Å². The first-order valence-electron chi connectivity index (χ1n) is 3.73. The van der Waals surface area contributed by atoms with Crippen LogP contribution in [-0.4, -0.2) is 38.7 Å². The van der Waals surface area contributed by atoms with Gasteiger partial charge in [-0.3, -0.25) is 9.47 Å². The van der Waals surface area contributed by atoms with Crippen LogP contribution in [0.4, 0.5) is 35.1 Å². The molecule has 0 spiro atoms. The smallest absolute Gasteiger partial charge is 0.350 e. The molecular formula is C6H6F8O3. The fraction of sp³-hybridized carbons (Fsp3) is 1.00. The topological polar surface area (TPSA) is 27.7 Å². The largest absolute Gasteiger partial charge is 0.524 e. The van der Waals surface area contributed by atoms with Gasteiger partial charge >= 0.3 is 18.6 Å². The summed E-state index contributed by atoms with van der Waals surface area (Å²) >= 11 is 0. The van der Waals surface area contributed by atoms with Crippen molar-refractivity contribution in [1.29, 1.82) is 0 Å². The van der Waals surface area contributed by atoms with Gasteiger partial charge in [0.15, 0.2) is 0 Å². The van der Waals surface area contributed by atoms with E-state index in [0.29, 0.717) is 7.11 Å². The lowest BCUT2D eigenvalue weighted by Crippen LogP contribution is -2.45. The van der Waals surface area contributed by atoms with Gasteiger partial charge in [0.2, 0.25) is 6.29 Å². The van der Waals surface area contributed by atoms with Gasteiger partial charge in [-0.25, -0.2) is 0 Å². The molecule has 11 heteroatoms. The van der Waals surface area contributed by atoms with Crippen molar-refractivity contribution in [2.75, 3.05) is 13.7 Å². The maximum absolute atomic E-state index is 12.8. The molecule has 0 aliphatic rings. The standard InChI is InChI=1S/C6H6F8O3/c1-15-3(17-6(12,13)14)4(7,8)2-16-5(9,10)11/h3H,2H2,1H3. The van der Waals surface area contributed by atoms with Crippen molar-refractivity contribution in [3.8, 4) is 0 Å². The number of hydrogen-bond donors (Lipinski definition) is 0. The number of alkyl halides is 8. The van der Waals surface area contributed by atoms with E-state index in [1.165, 1.54) is 0 Å². The number of hydrogen-bond acceptors (Lipinski definition) is 3. The van der Waals surface area contributed by atoms with Gasteiger partial charge in [0.25, 0.3) is 0 Å². The SMILES string of the molecule is COC(OC(F)(F)F)C(F)(F)COC(F)(F)F. The van der Waals surface area contributed by atoms with Crippen LogP contribution >= 0.6 is 0 Å². The molecule has 0 bridgehead atoms. The summed E-state index contributed by atoms with van der Waals surface area (Å²) in [7, 11) is 0.415. The van der Waals surface area contributed by atoms with Gasteiger partial charge < -0.3 is 4.74 Å². The molecule has 0 saturated heterocycles. The lowest BCUT2D eigenvalue weighted by atomic mass is 10.3. The Hall–Kier alpha value is -0.680. The third-order valence-corrected chi connectivity index (χ3v) is 1.23. The second-order valence-corrected chi connectivity index (χ2v) is 2.63. The molecule has 17 heavy (non-hydrogen) atoms. The van der Waals surface area contributed by atoms with Gasteiger partial charge in [0.05, 0.1) is 0 Å². The van der Waals surface area contributed by atoms with Crippen molar-refractivity contribution in [2.45, 2.75) is 24.9 Å². The molecule has 1 atom stereocenters. The molecule has 0 aromatic rings. The van der Waals surface area contributed by atoms with Crippen LogP contribution in [0.3, 0.4) is 0 Å². The molecule has 0 fully saturated rings. The molecule has 0 heterocycles. The molecule has 0 amide bonds. The zero-order chi connectivity index (χ0) is 13.9. The van der Waals surface area contributed by atoms with E-state index in [1.807, 2.05) is 0 Å². The summed E-state index contributed by atoms with van der Waals surface area (Å²) < 4.78 is 104. The number of rotatable bonds is 5. The molecule has 3 nitrogen and oxygen atoms in total. The molecule has 0 aliphatic heterocycles. The maximum Gasteiger partial charge on any atom is 0.524 e. The number of ether oxygens (including phenoxy) is 3. The second kappa shape index (κ2) is 5.31. The van der Waals surface area contributed by atoms with Crippen LogP contribution in [0.25, 0.3) is 0 Å². The third kappa shape index (κ3) is 7.28. The van der Waals surface area contributed by atoms with E-state index in [2.05, 4.69) is 14.2 Å². The highest BCUT2D eigenvalue weighted by Crippen LogP contribution is 2.30. The average molecular weight is 278 g/mol. The van der Waals surface area contributed by atoms with Crippen LogP contribution in [0.15, 0.2) is 0 Å². The molecule has 104 valence electrons. The Bertz CT molecular complexity index is 234. The summed E-state index contributed by atoms with van der Waals surface area (Å²) in [6, 6.07) is 0. The van der Waals surface area contributed by atoms with E-state index in [4.69, 9.17) is 0 Å². The quantitative estimate of drug-likeness (QED) is 0.571. The Morgan fingerprint density at radius 2 is 1.35 bits per heavy atom. The second-order valence-electron chi connectivity index (χ2n) is 2.63. The van der Waals surface area contributed by atoms with Crippen LogP contribution in [0.2, 0.25) is 0 Å². The van der Waals surface area contributed by atoms with E-state index < -0.39 is 31.5 Å². The third-order valence-electron chi connectivity index (χ3n) is 1.23. The predicted molar refractivity (Wildman–Crippen MR) is 34.9 cm³/mol. The Morgan fingerprint density at radius 1 is 0.882 bits per heavy atom. The minimum absolute atomic E-state index is 0.415. The van der Waals surface area contributed by atoms with Crippen LogP contribution < -0.4 is 0 Å². The normalized spacial score (nSPS) is 16.1. The summed E-state index contributed by atoms with van der Waals surface area (Å²) in [6.45, 7) is -2.36. The molecule has 0 radical (unpaired) electrons. The summed E-state index contributed by atoms with van der Waals surface area (Å²) in [5.41, 5.74) is 0. The van der Waals surface area contributed by atoms with Gasteiger partial charge in [0.1, 0.15) is 6.61 Å². The van der Waals surface area contributed by atoms with Crippen molar-refractivity contribution < 1.29 is 49.3 Å². The van der Waals surface area contributed by atoms with Crippen molar-refractivity contribution in [3.05, 3.63) is 0 Å². The molecule has 0 aliphatic carbocycles. The highest BCUT2D eigenvalue weighted by molar-refractivity contribution is 4.71. The Balaban J connectivity index is 4.53.